The van der Waals surface area contributed by atoms with Gasteiger partial charge in [0.25, 0.3) is 0 Å². The van der Waals surface area contributed by atoms with Crippen molar-refractivity contribution >= 4 is 9.04 Å². The van der Waals surface area contributed by atoms with Crippen LogP contribution < -0.4 is 0 Å². The van der Waals surface area contributed by atoms with Gasteiger partial charge in [-0.1, -0.05) is 20.8 Å². The van der Waals surface area contributed by atoms with E-state index in [0.29, 0.717) is 30.3 Å². The van der Waals surface area contributed by atoms with Gasteiger partial charge in [0.15, 0.2) is 27.9 Å². The topological polar surface area (TPSA) is 49.5 Å². The average molecular weight is 375 g/mol. The summed E-state index contributed by atoms with van der Waals surface area (Å²) in [5.74, 6) is 0.629. The highest BCUT2D eigenvalue weighted by Crippen LogP contribution is 2.41. The molecule has 7 atom stereocenters. The van der Waals surface area contributed by atoms with Crippen LogP contribution in [0.3, 0.4) is 0 Å². The molecule has 0 bridgehead atoms. The van der Waals surface area contributed by atoms with Crippen molar-refractivity contribution in [3.05, 3.63) is 0 Å². The lowest BCUT2D eigenvalue weighted by atomic mass is 9.87. The van der Waals surface area contributed by atoms with E-state index in [1.807, 2.05) is 20.8 Å². The molecule has 0 aromatic heterocycles. The van der Waals surface area contributed by atoms with Crippen LogP contribution in [0.4, 0.5) is 0 Å². The van der Waals surface area contributed by atoms with Gasteiger partial charge in [0, 0.05) is 13.0 Å². The summed E-state index contributed by atoms with van der Waals surface area (Å²) in [4.78, 5) is 0. The highest BCUT2D eigenvalue weighted by Gasteiger charge is 2.44. The smallest absolute Gasteiger partial charge is 0.182 e. The summed E-state index contributed by atoms with van der Waals surface area (Å²) >= 11 is 0. The third-order valence-electron chi connectivity index (χ3n) is 5.24. The molecule has 0 N–H and O–H groups in total. The van der Waals surface area contributed by atoms with Crippen molar-refractivity contribution in [2.24, 2.45) is 5.92 Å². The first-order valence-electron chi connectivity index (χ1n) is 10.2. The zero-order valence-electron chi connectivity index (χ0n) is 16.9. The lowest BCUT2D eigenvalue weighted by Crippen LogP contribution is -2.35. The maximum absolute atomic E-state index is 6.48. The SMILES string of the molecule is CCOC(C)OC(C)OC(CC1CCC2OC2C1)O[SiH](CC)C(C)C. The summed E-state index contributed by atoms with van der Waals surface area (Å²) in [6.07, 6.45) is 4.76. The van der Waals surface area contributed by atoms with Gasteiger partial charge in [-0.2, -0.15) is 0 Å². The van der Waals surface area contributed by atoms with Crippen molar-refractivity contribution in [3.8, 4) is 0 Å². The highest BCUT2D eigenvalue weighted by atomic mass is 28.3. The van der Waals surface area contributed by atoms with E-state index in [1.165, 1.54) is 12.8 Å². The fourth-order valence-electron chi connectivity index (χ4n) is 3.83. The predicted octanol–water partition coefficient (Wildman–Crippen LogP) is 4.20. The molecule has 1 heterocycles. The van der Waals surface area contributed by atoms with Gasteiger partial charge >= 0.3 is 0 Å². The number of hydrogen-bond acceptors (Lipinski definition) is 5. The third-order valence-corrected chi connectivity index (χ3v) is 8.18. The first-order valence-corrected chi connectivity index (χ1v) is 12.1. The zero-order valence-corrected chi connectivity index (χ0v) is 18.1. The van der Waals surface area contributed by atoms with Crippen LogP contribution >= 0.6 is 0 Å². The van der Waals surface area contributed by atoms with E-state index >= 15 is 0 Å². The molecule has 0 spiro atoms. The normalized spacial score (nSPS) is 30.6. The summed E-state index contributed by atoms with van der Waals surface area (Å²) in [6.45, 7) is 13.2. The molecular formula is C19H38O5Si. The molecule has 1 aliphatic carbocycles. The van der Waals surface area contributed by atoms with Gasteiger partial charge in [-0.3, -0.25) is 0 Å². The Morgan fingerprint density at radius 1 is 1.00 bits per heavy atom. The van der Waals surface area contributed by atoms with E-state index in [-0.39, 0.29) is 18.9 Å². The Morgan fingerprint density at radius 3 is 2.36 bits per heavy atom. The Hall–Kier alpha value is 0.0169. The summed E-state index contributed by atoms with van der Waals surface area (Å²) in [7, 11) is -1.27. The predicted molar refractivity (Wildman–Crippen MR) is 101 cm³/mol. The number of fused-ring (bicyclic) bond motifs is 1. The first-order chi connectivity index (χ1) is 11.9. The van der Waals surface area contributed by atoms with Gasteiger partial charge in [0.05, 0.1) is 12.2 Å². The quantitative estimate of drug-likeness (QED) is 0.291. The summed E-state index contributed by atoms with van der Waals surface area (Å²) in [6, 6.07) is 1.13. The van der Waals surface area contributed by atoms with Crippen molar-refractivity contribution in [3.63, 3.8) is 0 Å². The Bertz CT molecular complexity index is 381. The summed E-state index contributed by atoms with van der Waals surface area (Å²) in [5.41, 5.74) is 0.608. The Morgan fingerprint density at radius 2 is 1.76 bits per heavy atom. The molecule has 25 heavy (non-hydrogen) atoms. The molecule has 7 unspecified atom stereocenters. The summed E-state index contributed by atoms with van der Waals surface area (Å²) < 4.78 is 29.6. The van der Waals surface area contributed by atoms with Gasteiger partial charge < -0.3 is 23.4 Å². The van der Waals surface area contributed by atoms with Gasteiger partial charge in [0.2, 0.25) is 0 Å². The molecule has 1 saturated carbocycles. The monoisotopic (exact) mass is 374 g/mol. The second-order valence-electron chi connectivity index (χ2n) is 7.75. The molecule has 2 aliphatic rings. The molecule has 1 saturated heterocycles. The maximum Gasteiger partial charge on any atom is 0.182 e. The van der Waals surface area contributed by atoms with Crippen molar-refractivity contribution in [1.82, 2.24) is 0 Å². The number of hydrogen-bond donors (Lipinski definition) is 0. The molecule has 2 fully saturated rings. The largest absolute Gasteiger partial charge is 0.395 e. The minimum atomic E-state index is -1.27. The van der Waals surface area contributed by atoms with Crippen molar-refractivity contribution in [1.29, 1.82) is 0 Å². The molecule has 0 aromatic carbocycles. The van der Waals surface area contributed by atoms with Crippen LogP contribution in [0.5, 0.6) is 0 Å². The van der Waals surface area contributed by atoms with Crippen LogP contribution in [0, 0.1) is 5.92 Å². The second kappa shape index (κ2) is 10.4. The molecule has 148 valence electrons. The van der Waals surface area contributed by atoms with Crippen molar-refractivity contribution < 1.29 is 23.4 Å². The maximum atomic E-state index is 6.48. The molecule has 6 heteroatoms. The molecule has 2 rings (SSSR count). The molecule has 0 amide bonds. The standard InChI is InChI=1S/C19H38O5Si/c1-7-20-14(5)21-15(6)22-19(24-25(8-2)13(3)4)12-16-9-10-17-18(11-16)23-17/h13-19,25H,7-12H2,1-6H3. The van der Waals surface area contributed by atoms with Crippen LogP contribution in [0.1, 0.15) is 67.2 Å². The Labute approximate surface area is 155 Å². The van der Waals surface area contributed by atoms with Crippen LogP contribution in [0.15, 0.2) is 0 Å². The van der Waals surface area contributed by atoms with Gasteiger partial charge in [-0.25, -0.2) is 0 Å². The van der Waals surface area contributed by atoms with E-state index in [2.05, 4.69) is 20.8 Å². The second-order valence-corrected chi connectivity index (χ2v) is 11.2. The van der Waals surface area contributed by atoms with Gasteiger partial charge in [0.1, 0.15) is 0 Å². The fraction of sp³-hybridized carbons (Fsp3) is 1.00. The van der Waals surface area contributed by atoms with Crippen LogP contribution in [0.2, 0.25) is 11.6 Å². The van der Waals surface area contributed by atoms with Crippen molar-refractivity contribution in [2.75, 3.05) is 6.61 Å². The van der Waals surface area contributed by atoms with E-state index < -0.39 is 9.04 Å². The molecule has 0 radical (unpaired) electrons. The Balaban J connectivity index is 1.87. The van der Waals surface area contributed by atoms with E-state index in [9.17, 15) is 0 Å². The minimum absolute atomic E-state index is 0.178. The van der Waals surface area contributed by atoms with Gasteiger partial charge in [-0.05, 0) is 57.5 Å². The lowest BCUT2D eigenvalue weighted by molar-refractivity contribution is -0.272. The Kier molecular flexibility index (Phi) is 8.85. The molecule has 0 aromatic rings. The average Bonchev–Trinajstić information content (AvgIpc) is 3.30. The number of rotatable bonds is 12. The lowest BCUT2D eigenvalue weighted by Gasteiger charge is -2.32. The van der Waals surface area contributed by atoms with E-state index in [1.54, 1.807) is 0 Å². The van der Waals surface area contributed by atoms with Crippen LogP contribution in [-0.2, 0) is 23.4 Å². The van der Waals surface area contributed by atoms with Crippen LogP contribution in [0.25, 0.3) is 0 Å². The number of epoxide rings is 1. The highest BCUT2D eigenvalue weighted by molar-refractivity contribution is 6.53. The van der Waals surface area contributed by atoms with Gasteiger partial charge in [-0.15, -0.1) is 0 Å². The molecule has 5 nitrogen and oxygen atoms in total. The molecule has 1 aliphatic heterocycles. The van der Waals surface area contributed by atoms with E-state index in [4.69, 9.17) is 23.4 Å². The summed E-state index contributed by atoms with van der Waals surface area (Å²) in [5, 5.41) is 0. The number of ether oxygens (including phenoxy) is 4. The first kappa shape index (κ1) is 21.3. The zero-order chi connectivity index (χ0) is 18.4. The molecular weight excluding hydrogens is 336 g/mol. The fourth-order valence-corrected chi connectivity index (χ4v) is 5.84. The van der Waals surface area contributed by atoms with Crippen LogP contribution in [-0.4, -0.2) is 46.7 Å². The van der Waals surface area contributed by atoms with E-state index in [0.717, 1.165) is 18.9 Å². The minimum Gasteiger partial charge on any atom is -0.395 e. The van der Waals surface area contributed by atoms with Crippen molar-refractivity contribution in [2.45, 2.75) is 110 Å². The third kappa shape index (κ3) is 7.27.